The molecule has 0 aromatic carbocycles. The first-order valence-electron chi connectivity index (χ1n) is 6.40. The fraction of sp³-hybridized carbons (Fsp3) is 1.00. The van der Waals surface area contributed by atoms with Crippen LogP contribution in [0.4, 0.5) is 0 Å². The van der Waals surface area contributed by atoms with Gasteiger partial charge in [0.25, 0.3) is 0 Å². The maximum absolute atomic E-state index is 5.65. The van der Waals surface area contributed by atoms with E-state index in [0.717, 1.165) is 13.2 Å². The molecular formula is C12H24N2O. The Bertz CT molecular complexity index is 196. The van der Waals surface area contributed by atoms with Crippen molar-refractivity contribution in [3.8, 4) is 0 Å². The van der Waals surface area contributed by atoms with Crippen LogP contribution in [0.2, 0.25) is 0 Å². The van der Waals surface area contributed by atoms with Gasteiger partial charge in [0.05, 0.1) is 6.10 Å². The summed E-state index contributed by atoms with van der Waals surface area (Å²) in [5.74, 6) is 0. The minimum absolute atomic E-state index is 0.436. The van der Waals surface area contributed by atoms with Gasteiger partial charge >= 0.3 is 0 Å². The summed E-state index contributed by atoms with van der Waals surface area (Å²) in [4.78, 5) is 2.63. The minimum atomic E-state index is 0.436. The summed E-state index contributed by atoms with van der Waals surface area (Å²) < 4.78 is 5.65. The third-order valence-electron chi connectivity index (χ3n) is 3.75. The molecule has 0 aromatic heterocycles. The van der Waals surface area contributed by atoms with E-state index >= 15 is 0 Å². The fourth-order valence-corrected chi connectivity index (χ4v) is 2.96. The van der Waals surface area contributed by atoms with Gasteiger partial charge < -0.3 is 10.1 Å². The number of piperidine rings is 1. The van der Waals surface area contributed by atoms with Crippen LogP contribution in [0.3, 0.4) is 0 Å². The second-order valence-corrected chi connectivity index (χ2v) is 4.82. The van der Waals surface area contributed by atoms with Gasteiger partial charge in [-0.2, -0.15) is 0 Å². The fourth-order valence-electron chi connectivity index (χ4n) is 2.96. The maximum atomic E-state index is 5.65. The van der Waals surface area contributed by atoms with E-state index in [1.807, 2.05) is 0 Å². The van der Waals surface area contributed by atoms with Crippen LogP contribution in [0.5, 0.6) is 0 Å². The van der Waals surface area contributed by atoms with E-state index in [-0.39, 0.29) is 0 Å². The highest BCUT2D eigenvalue weighted by Crippen LogP contribution is 2.23. The average Bonchev–Trinajstić information content (AvgIpc) is 2.65. The summed E-state index contributed by atoms with van der Waals surface area (Å²) in [6.07, 6.45) is 4.33. The van der Waals surface area contributed by atoms with E-state index < -0.39 is 0 Å². The number of hydrogen-bond donors (Lipinski definition) is 1. The normalized spacial score (nSPS) is 38.4. The maximum Gasteiger partial charge on any atom is 0.0703 e. The molecule has 3 nitrogen and oxygen atoms in total. The molecule has 2 saturated heterocycles. The second kappa shape index (κ2) is 5.28. The Morgan fingerprint density at radius 2 is 2.27 bits per heavy atom. The third kappa shape index (κ3) is 2.71. The highest BCUT2D eigenvalue weighted by atomic mass is 16.5. The first-order chi connectivity index (χ1) is 7.31. The van der Waals surface area contributed by atoms with Crippen LogP contribution in [-0.2, 0) is 4.74 Å². The number of likely N-dealkylation sites (tertiary alicyclic amines) is 1. The van der Waals surface area contributed by atoms with Crippen molar-refractivity contribution in [2.24, 2.45) is 0 Å². The van der Waals surface area contributed by atoms with E-state index in [0.29, 0.717) is 18.2 Å². The van der Waals surface area contributed by atoms with Crippen molar-refractivity contribution in [3.05, 3.63) is 0 Å². The van der Waals surface area contributed by atoms with Gasteiger partial charge in [-0.1, -0.05) is 6.92 Å². The molecule has 2 aliphatic heterocycles. The molecule has 0 amide bonds. The zero-order valence-electron chi connectivity index (χ0n) is 10.0. The Morgan fingerprint density at radius 1 is 1.40 bits per heavy atom. The largest absolute Gasteiger partial charge is 0.377 e. The van der Waals surface area contributed by atoms with E-state index in [1.165, 1.54) is 32.4 Å². The van der Waals surface area contributed by atoms with Gasteiger partial charge in [-0.25, -0.2) is 0 Å². The molecule has 0 saturated carbocycles. The Hall–Kier alpha value is -0.120. The lowest BCUT2D eigenvalue weighted by Crippen LogP contribution is -2.51. The molecule has 2 heterocycles. The molecule has 15 heavy (non-hydrogen) atoms. The lowest BCUT2D eigenvalue weighted by molar-refractivity contribution is 0.0586. The van der Waals surface area contributed by atoms with Gasteiger partial charge in [-0.05, 0) is 39.3 Å². The van der Waals surface area contributed by atoms with Crippen LogP contribution in [0.15, 0.2) is 0 Å². The molecule has 1 N–H and O–H groups in total. The second-order valence-electron chi connectivity index (χ2n) is 4.82. The molecule has 3 heteroatoms. The van der Waals surface area contributed by atoms with Gasteiger partial charge in [0.2, 0.25) is 0 Å². The number of rotatable bonds is 3. The lowest BCUT2D eigenvalue weighted by Gasteiger charge is -2.38. The van der Waals surface area contributed by atoms with Crippen LogP contribution < -0.4 is 5.32 Å². The summed E-state index contributed by atoms with van der Waals surface area (Å²) in [6, 6.07) is 1.38. The molecule has 2 aliphatic rings. The quantitative estimate of drug-likeness (QED) is 0.762. The Labute approximate surface area is 93.2 Å². The standard InChI is InChI=1S/C12H24N2O/c1-3-13-11-5-4-7-14(9-11)12-6-8-15-10(12)2/h10-13H,3-9H2,1-2H3. The summed E-state index contributed by atoms with van der Waals surface area (Å²) in [5.41, 5.74) is 0. The minimum Gasteiger partial charge on any atom is -0.377 e. The Morgan fingerprint density at radius 3 is 2.93 bits per heavy atom. The van der Waals surface area contributed by atoms with Crippen LogP contribution in [0.25, 0.3) is 0 Å². The number of nitrogens with one attached hydrogen (secondary N) is 1. The number of hydrogen-bond acceptors (Lipinski definition) is 3. The van der Waals surface area contributed by atoms with Crippen molar-refractivity contribution in [3.63, 3.8) is 0 Å². The summed E-state index contributed by atoms with van der Waals surface area (Å²) in [7, 11) is 0. The predicted molar refractivity (Wildman–Crippen MR) is 62.1 cm³/mol. The predicted octanol–water partition coefficient (Wildman–Crippen LogP) is 1.24. The van der Waals surface area contributed by atoms with E-state index in [2.05, 4.69) is 24.1 Å². The molecule has 0 radical (unpaired) electrons. The van der Waals surface area contributed by atoms with Crippen LogP contribution in [-0.4, -0.2) is 49.3 Å². The van der Waals surface area contributed by atoms with Gasteiger partial charge in [-0.3, -0.25) is 4.90 Å². The molecule has 2 rings (SSSR count). The summed E-state index contributed by atoms with van der Waals surface area (Å²) in [6.45, 7) is 8.94. The summed E-state index contributed by atoms with van der Waals surface area (Å²) >= 11 is 0. The molecule has 2 fully saturated rings. The lowest BCUT2D eigenvalue weighted by atomic mass is 10.0. The highest BCUT2D eigenvalue weighted by molar-refractivity contribution is 4.87. The molecule has 0 bridgehead atoms. The zero-order chi connectivity index (χ0) is 10.7. The van der Waals surface area contributed by atoms with Crippen LogP contribution in [0, 0.1) is 0 Å². The van der Waals surface area contributed by atoms with Crippen molar-refractivity contribution in [2.75, 3.05) is 26.2 Å². The molecule has 0 aliphatic carbocycles. The molecule has 0 aromatic rings. The topological polar surface area (TPSA) is 24.5 Å². The molecule has 88 valence electrons. The van der Waals surface area contributed by atoms with Crippen molar-refractivity contribution in [1.29, 1.82) is 0 Å². The highest BCUT2D eigenvalue weighted by Gasteiger charge is 2.32. The SMILES string of the molecule is CCNC1CCCN(C2CCOC2C)C1. The molecular weight excluding hydrogens is 188 g/mol. The van der Waals surface area contributed by atoms with Crippen LogP contribution in [0.1, 0.15) is 33.1 Å². The summed E-state index contributed by atoms with van der Waals surface area (Å²) in [5, 5.41) is 3.57. The van der Waals surface area contributed by atoms with E-state index in [1.54, 1.807) is 0 Å². The number of ether oxygens (including phenoxy) is 1. The van der Waals surface area contributed by atoms with Crippen molar-refractivity contribution < 1.29 is 4.74 Å². The van der Waals surface area contributed by atoms with Crippen molar-refractivity contribution >= 4 is 0 Å². The Balaban J connectivity index is 1.86. The monoisotopic (exact) mass is 212 g/mol. The number of likely N-dealkylation sites (N-methyl/N-ethyl adjacent to an activating group) is 1. The van der Waals surface area contributed by atoms with Crippen LogP contribution >= 0.6 is 0 Å². The molecule has 0 spiro atoms. The first-order valence-corrected chi connectivity index (χ1v) is 6.40. The number of nitrogens with zero attached hydrogens (tertiary/aromatic N) is 1. The van der Waals surface area contributed by atoms with Gasteiger partial charge in [0.15, 0.2) is 0 Å². The molecule has 3 atom stereocenters. The third-order valence-corrected chi connectivity index (χ3v) is 3.75. The smallest absolute Gasteiger partial charge is 0.0703 e. The Kier molecular flexibility index (Phi) is 4.00. The first kappa shape index (κ1) is 11.4. The van der Waals surface area contributed by atoms with Gasteiger partial charge in [0, 0.05) is 25.2 Å². The van der Waals surface area contributed by atoms with Gasteiger partial charge in [-0.15, -0.1) is 0 Å². The molecule has 3 unspecified atom stereocenters. The van der Waals surface area contributed by atoms with E-state index in [4.69, 9.17) is 4.74 Å². The zero-order valence-corrected chi connectivity index (χ0v) is 10.0. The van der Waals surface area contributed by atoms with E-state index in [9.17, 15) is 0 Å². The van der Waals surface area contributed by atoms with Gasteiger partial charge in [0.1, 0.15) is 0 Å². The van der Waals surface area contributed by atoms with Crippen molar-refractivity contribution in [2.45, 2.75) is 51.3 Å². The average molecular weight is 212 g/mol. The van der Waals surface area contributed by atoms with Crippen molar-refractivity contribution in [1.82, 2.24) is 10.2 Å².